The number of benzene rings is 1. The molecule has 4 heteroatoms. The molecular formula is C19H20ClNOS. The van der Waals surface area contributed by atoms with Crippen LogP contribution in [0, 0.1) is 6.92 Å². The molecule has 120 valence electrons. The van der Waals surface area contributed by atoms with Gasteiger partial charge in [0.1, 0.15) is 0 Å². The molecule has 0 aliphatic carbocycles. The standard InChI is InChI=1S/C19H20ClNOS/c1-13-19(14(2)22)12-18(11-15-7-9-23-10-8-15)21(13)17-5-3-16(20)4-6-17/h3-6,11-12H,7-10H2,1-2H3. The highest BCUT2D eigenvalue weighted by Crippen LogP contribution is 2.28. The molecule has 1 saturated heterocycles. The van der Waals surface area contributed by atoms with Crippen LogP contribution in [-0.4, -0.2) is 21.9 Å². The fourth-order valence-corrected chi connectivity index (χ4v) is 4.16. The molecule has 1 aromatic carbocycles. The largest absolute Gasteiger partial charge is 0.314 e. The van der Waals surface area contributed by atoms with Crippen LogP contribution in [0.3, 0.4) is 0 Å². The maximum atomic E-state index is 12.0. The Hall–Kier alpha value is -1.45. The number of rotatable bonds is 3. The summed E-state index contributed by atoms with van der Waals surface area (Å²) in [6, 6.07) is 9.78. The van der Waals surface area contributed by atoms with E-state index in [9.17, 15) is 4.79 Å². The molecule has 2 aromatic rings. The second kappa shape index (κ2) is 6.98. The predicted octanol–water partition coefficient (Wildman–Crippen LogP) is 5.55. The van der Waals surface area contributed by atoms with Crippen molar-refractivity contribution in [2.24, 2.45) is 0 Å². The van der Waals surface area contributed by atoms with Crippen LogP contribution in [0.2, 0.25) is 5.02 Å². The van der Waals surface area contributed by atoms with Gasteiger partial charge in [-0.15, -0.1) is 0 Å². The molecular weight excluding hydrogens is 326 g/mol. The molecule has 0 saturated carbocycles. The van der Waals surface area contributed by atoms with Crippen molar-refractivity contribution in [1.82, 2.24) is 4.57 Å². The Labute approximate surface area is 146 Å². The number of thioether (sulfide) groups is 1. The second-order valence-corrected chi connectivity index (χ2v) is 7.51. The zero-order valence-corrected chi connectivity index (χ0v) is 15.0. The van der Waals surface area contributed by atoms with E-state index in [1.807, 2.05) is 49.0 Å². The van der Waals surface area contributed by atoms with E-state index in [0.717, 1.165) is 40.5 Å². The van der Waals surface area contributed by atoms with Crippen LogP contribution in [0.25, 0.3) is 11.8 Å². The molecule has 0 atom stereocenters. The summed E-state index contributed by atoms with van der Waals surface area (Å²) in [4.78, 5) is 12.0. The number of aromatic nitrogens is 1. The Bertz CT molecular complexity index is 750. The van der Waals surface area contributed by atoms with Gasteiger partial charge in [0.05, 0.1) is 0 Å². The lowest BCUT2D eigenvalue weighted by Gasteiger charge is -2.15. The third-order valence-corrected chi connectivity index (χ3v) is 5.46. The zero-order valence-electron chi connectivity index (χ0n) is 13.4. The summed E-state index contributed by atoms with van der Waals surface area (Å²) < 4.78 is 2.15. The summed E-state index contributed by atoms with van der Waals surface area (Å²) in [6.07, 6.45) is 4.52. The van der Waals surface area contributed by atoms with Crippen molar-refractivity contribution in [2.45, 2.75) is 26.7 Å². The molecule has 3 rings (SSSR count). The number of nitrogens with zero attached hydrogens (tertiary/aromatic N) is 1. The van der Waals surface area contributed by atoms with Gasteiger partial charge >= 0.3 is 0 Å². The van der Waals surface area contributed by atoms with Gasteiger partial charge in [0.2, 0.25) is 0 Å². The maximum Gasteiger partial charge on any atom is 0.161 e. The van der Waals surface area contributed by atoms with Crippen LogP contribution in [0.1, 0.15) is 41.5 Å². The smallest absolute Gasteiger partial charge is 0.161 e. The first-order valence-electron chi connectivity index (χ1n) is 7.82. The van der Waals surface area contributed by atoms with Crippen molar-refractivity contribution in [3.63, 3.8) is 0 Å². The monoisotopic (exact) mass is 345 g/mol. The molecule has 1 aliphatic rings. The van der Waals surface area contributed by atoms with Crippen LogP contribution in [0.15, 0.2) is 35.9 Å². The lowest BCUT2D eigenvalue weighted by molar-refractivity contribution is 0.101. The normalized spacial score (nSPS) is 14.8. The molecule has 2 heterocycles. The molecule has 0 amide bonds. The van der Waals surface area contributed by atoms with Gasteiger partial charge in [0, 0.05) is 27.7 Å². The predicted molar refractivity (Wildman–Crippen MR) is 100 cm³/mol. The van der Waals surface area contributed by atoms with Gasteiger partial charge in [-0.25, -0.2) is 0 Å². The van der Waals surface area contributed by atoms with Gasteiger partial charge in [-0.1, -0.05) is 17.2 Å². The van der Waals surface area contributed by atoms with E-state index in [2.05, 4.69) is 10.6 Å². The minimum Gasteiger partial charge on any atom is -0.314 e. The summed E-state index contributed by atoms with van der Waals surface area (Å²) in [5.74, 6) is 2.48. The zero-order chi connectivity index (χ0) is 16.4. The first kappa shape index (κ1) is 16.4. The molecule has 23 heavy (non-hydrogen) atoms. The SMILES string of the molecule is CC(=O)c1cc(C=C2CCSCC2)n(-c2ccc(Cl)cc2)c1C. The van der Waals surface area contributed by atoms with E-state index >= 15 is 0 Å². The van der Waals surface area contributed by atoms with Gasteiger partial charge in [0.15, 0.2) is 5.78 Å². The van der Waals surface area contributed by atoms with Gasteiger partial charge < -0.3 is 4.57 Å². The number of carbonyl (C=O) groups excluding carboxylic acids is 1. The topological polar surface area (TPSA) is 22.0 Å². The highest BCUT2D eigenvalue weighted by Gasteiger charge is 2.16. The first-order valence-corrected chi connectivity index (χ1v) is 9.36. The molecule has 0 bridgehead atoms. The van der Waals surface area contributed by atoms with Gasteiger partial charge in [-0.3, -0.25) is 4.79 Å². The van der Waals surface area contributed by atoms with Crippen LogP contribution in [-0.2, 0) is 0 Å². The molecule has 0 radical (unpaired) electrons. The Balaban J connectivity index is 2.11. The Kier molecular flexibility index (Phi) is 4.98. The van der Waals surface area contributed by atoms with Crippen molar-refractivity contribution in [1.29, 1.82) is 0 Å². The quantitative estimate of drug-likeness (QED) is 0.680. The first-order chi connectivity index (χ1) is 11.1. The molecule has 1 aromatic heterocycles. The number of allylic oxidation sites excluding steroid dienone is 1. The highest BCUT2D eigenvalue weighted by atomic mass is 35.5. The molecule has 2 nitrogen and oxygen atoms in total. The Morgan fingerprint density at radius 3 is 2.48 bits per heavy atom. The molecule has 1 fully saturated rings. The second-order valence-electron chi connectivity index (χ2n) is 5.85. The minimum atomic E-state index is 0.106. The van der Waals surface area contributed by atoms with E-state index < -0.39 is 0 Å². The van der Waals surface area contributed by atoms with E-state index in [0.29, 0.717) is 0 Å². The number of carbonyl (C=O) groups is 1. The van der Waals surface area contributed by atoms with E-state index in [4.69, 9.17) is 11.6 Å². The average Bonchev–Trinajstić information content (AvgIpc) is 2.86. The number of halogens is 1. The highest BCUT2D eigenvalue weighted by molar-refractivity contribution is 7.99. The number of hydrogen-bond donors (Lipinski definition) is 0. The lowest BCUT2D eigenvalue weighted by Crippen LogP contribution is -2.03. The van der Waals surface area contributed by atoms with Crippen LogP contribution >= 0.6 is 23.4 Å². The van der Waals surface area contributed by atoms with Gasteiger partial charge in [0.25, 0.3) is 0 Å². The van der Waals surface area contributed by atoms with Crippen molar-refractivity contribution in [2.75, 3.05) is 11.5 Å². The van der Waals surface area contributed by atoms with E-state index in [1.165, 1.54) is 17.1 Å². The Morgan fingerprint density at radius 1 is 1.22 bits per heavy atom. The lowest BCUT2D eigenvalue weighted by atomic mass is 10.1. The van der Waals surface area contributed by atoms with Crippen molar-refractivity contribution in [3.8, 4) is 5.69 Å². The van der Waals surface area contributed by atoms with Crippen molar-refractivity contribution in [3.05, 3.63) is 57.9 Å². The molecule has 0 N–H and O–H groups in total. The van der Waals surface area contributed by atoms with E-state index in [1.54, 1.807) is 6.92 Å². The van der Waals surface area contributed by atoms with Crippen LogP contribution in [0.4, 0.5) is 0 Å². The molecule has 0 unspecified atom stereocenters. The van der Waals surface area contributed by atoms with Crippen LogP contribution < -0.4 is 0 Å². The summed E-state index contributed by atoms with van der Waals surface area (Å²) in [5.41, 5.74) is 5.36. The van der Waals surface area contributed by atoms with Gasteiger partial charge in [-0.05, 0) is 74.6 Å². The third kappa shape index (κ3) is 3.56. The van der Waals surface area contributed by atoms with Crippen molar-refractivity contribution < 1.29 is 4.79 Å². The summed E-state index contributed by atoms with van der Waals surface area (Å²) in [7, 11) is 0. The number of hydrogen-bond acceptors (Lipinski definition) is 2. The molecule has 1 aliphatic heterocycles. The van der Waals surface area contributed by atoms with E-state index in [-0.39, 0.29) is 5.78 Å². The summed E-state index contributed by atoms with van der Waals surface area (Å²) in [6.45, 7) is 3.63. The number of ketones is 1. The van der Waals surface area contributed by atoms with Gasteiger partial charge in [-0.2, -0.15) is 11.8 Å². The van der Waals surface area contributed by atoms with Crippen molar-refractivity contribution >= 4 is 35.2 Å². The van der Waals surface area contributed by atoms with Crippen LogP contribution in [0.5, 0.6) is 0 Å². The fraction of sp³-hybridized carbons (Fsp3) is 0.316. The minimum absolute atomic E-state index is 0.106. The Morgan fingerprint density at radius 2 is 1.87 bits per heavy atom. The summed E-state index contributed by atoms with van der Waals surface area (Å²) in [5, 5.41) is 0.717. The fourth-order valence-electron chi connectivity index (χ4n) is 3.01. The summed E-state index contributed by atoms with van der Waals surface area (Å²) >= 11 is 8.02. The maximum absolute atomic E-state index is 12.0. The molecule has 0 spiro atoms. The average molecular weight is 346 g/mol. The third-order valence-electron chi connectivity index (χ3n) is 4.23. The number of Topliss-reactive ketones (excluding diaryl/α,β-unsaturated/α-hetero) is 1.